The van der Waals surface area contributed by atoms with Crippen LogP contribution in [-0.2, 0) is 11.4 Å². The molecule has 1 aliphatic rings. The lowest BCUT2D eigenvalue weighted by molar-refractivity contribution is -0.136. The van der Waals surface area contributed by atoms with E-state index < -0.39 is 40.6 Å². The van der Waals surface area contributed by atoms with Gasteiger partial charge in [0.1, 0.15) is 23.8 Å². The number of pyridine rings is 1. The van der Waals surface area contributed by atoms with E-state index in [1.54, 1.807) is 18.3 Å². The zero-order valence-corrected chi connectivity index (χ0v) is 24.7. The van der Waals surface area contributed by atoms with E-state index in [0.717, 1.165) is 23.5 Å². The van der Waals surface area contributed by atoms with Crippen molar-refractivity contribution in [2.45, 2.75) is 22.9 Å². The number of carboxylic acids is 1. The molecule has 5 rings (SSSR count). The molecular formula is C32H27F2N5O5S. The lowest BCUT2D eigenvalue weighted by Crippen LogP contribution is -2.25. The summed E-state index contributed by atoms with van der Waals surface area (Å²) in [5, 5.41) is 18.0. The van der Waals surface area contributed by atoms with E-state index in [1.165, 1.54) is 24.3 Å². The Labute approximate surface area is 261 Å². The summed E-state index contributed by atoms with van der Waals surface area (Å²) in [7, 11) is 1.81. The number of halogens is 2. The largest absolute Gasteiger partial charge is 0.485 e. The molecule has 2 atom stereocenters. The number of benzene rings is 3. The van der Waals surface area contributed by atoms with Crippen LogP contribution in [0.3, 0.4) is 0 Å². The lowest BCUT2D eigenvalue weighted by Gasteiger charge is -2.22. The highest BCUT2D eigenvalue weighted by Crippen LogP contribution is 2.41. The van der Waals surface area contributed by atoms with Gasteiger partial charge in [0.2, 0.25) is 11.6 Å². The van der Waals surface area contributed by atoms with Crippen molar-refractivity contribution in [1.29, 1.82) is 5.26 Å². The Kier molecular flexibility index (Phi) is 9.89. The molecule has 1 aliphatic heterocycles. The minimum atomic E-state index is -1.23. The fourth-order valence-electron chi connectivity index (χ4n) is 4.39. The smallest absolute Gasteiger partial charge is 0.318 e. The fourth-order valence-corrected chi connectivity index (χ4v) is 5.26. The summed E-state index contributed by atoms with van der Waals surface area (Å²) >= 11 is 1.04. The number of hydrogen-bond acceptors (Lipinski definition) is 10. The molecule has 4 aromatic rings. The van der Waals surface area contributed by atoms with Crippen molar-refractivity contribution < 1.29 is 32.9 Å². The molecule has 0 saturated carbocycles. The first kappa shape index (κ1) is 31.4. The maximum atomic E-state index is 15.9. The number of aromatic nitrogens is 1. The van der Waals surface area contributed by atoms with Gasteiger partial charge >= 0.3 is 5.97 Å². The van der Waals surface area contributed by atoms with Gasteiger partial charge in [0, 0.05) is 35.8 Å². The Hall–Kier alpha value is -5.03. The number of ether oxygens (including phenoxy) is 3. The molecule has 3 N–H and O–H groups in total. The summed E-state index contributed by atoms with van der Waals surface area (Å²) in [6, 6.07) is 20.4. The number of nitrogens with two attached hydrogens (primary N) is 1. The highest BCUT2D eigenvalue weighted by atomic mass is 32.2. The maximum Gasteiger partial charge on any atom is 0.318 e. The van der Waals surface area contributed by atoms with E-state index in [4.69, 9.17) is 19.9 Å². The Morgan fingerprint density at radius 3 is 2.60 bits per heavy atom. The lowest BCUT2D eigenvalue weighted by atomic mass is 10.1. The van der Waals surface area contributed by atoms with Gasteiger partial charge in [-0.2, -0.15) is 9.65 Å². The number of nitrogens with zero attached hydrogens (tertiary/aromatic N) is 4. The van der Waals surface area contributed by atoms with Crippen LogP contribution in [0.25, 0.3) is 0 Å². The van der Waals surface area contributed by atoms with Crippen LogP contribution in [0.1, 0.15) is 22.9 Å². The van der Waals surface area contributed by atoms with Crippen LogP contribution < -0.4 is 19.9 Å². The number of carbonyl (C=O) groups is 1. The average Bonchev–Trinajstić information content (AvgIpc) is 3.48. The van der Waals surface area contributed by atoms with Crippen LogP contribution in [-0.4, -0.2) is 52.6 Å². The minimum Gasteiger partial charge on any atom is -0.485 e. The third-order valence-electron chi connectivity index (χ3n) is 6.69. The predicted molar refractivity (Wildman–Crippen MR) is 163 cm³/mol. The molecule has 0 bridgehead atoms. The second-order valence-electron chi connectivity index (χ2n) is 9.83. The van der Waals surface area contributed by atoms with Gasteiger partial charge in [0.15, 0.2) is 17.3 Å². The van der Waals surface area contributed by atoms with Crippen molar-refractivity contribution in [2.75, 3.05) is 20.1 Å². The first-order valence-electron chi connectivity index (χ1n) is 13.6. The van der Waals surface area contributed by atoms with Crippen molar-refractivity contribution in [3.63, 3.8) is 0 Å². The zero-order chi connectivity index (χ0) is 31.9. The van der Waals surface area contributed by atoms with Crippen LogP contribution in [0, 0.1) is 23.0 Å². The molecule has 45 heavy (non-hydrogen) atoms. The number of carboxylic acid groups (broad SMARTS) is 1. The van der Waals surface area contributed by atoms with Gasteiger partial charge in [0.25, 0.3) is 5.88 Å². The monoisotopic (exact) mass is 631 g/mol. The third-order valence-corrected chi connectivity index (χ3v) is 7.89. The van der Waals surface area contributed by atoms with Gasteiger partial charge in [0.05, 0.1) is 17.8 Å². The number of hydrogen-bond donors (Lipinski definition) is 2. The SMILES string of the molecule is CN1CC=NC1c1cc(SC(CN)C(=O)O)ccc1Oc1c(F)cnc(Oc2cc(C#N)ccc2OCc2ccccc2)c1F. The Balaban J connectivity index is 1.46. The number of rotatable bonds is 12. The van der Waals surface area contributed by atoms with Crippen LogP contribution >= 0.6 is 11.8 Å². The summed E-state index contributed by atoms with van der Waals surface area (Å²) in [4.78, 5) is 22.2. The molecule has 1 aromatic heterocycles. The number of nitriles is 1. The standard InChI is InChI=1S/C32H27F2N5O5S/c1-39-12-11-37-30(39)22-14-21(45-27(16-36)32(40)41)8-10-24(22)43-29-23(33)17-38-31(28(29)34)44-26-13-20(15-35)7-9-25(26)42-18-19-5-3-2-4-6-19/h2-11,13-14,17,27,30H,12,16,18,36H2,1H3,(H,40,41). The summed E-state index contributed by atoms with van der Waals surface area (Å²) in [6.45, 7) is 0.598. The summed E-state index contributed by atoms with van der Waals surface area (Å²) in [5.41, 5.74) is 7.17. The molecule has 2 heterocycles. The molecule has 0 radical (unpaired) electrons. The van der Waals surface area contributed by atoms with Crippen molar-refractivity contribution in [2.24, 2.45) is 10.7 Å². The quantitative estimate of drug-likeness (QED) is 0.181. The fraction of sp³-hybridized carbons (Fsp3) is 0.188. The molecule has 0 spiro atoms. The zero-order valence-electron chi connectivity index (χ0n) is 23.9. The molecular weight excluding hydrogens is 604 g/mol. The molecule has 2 unspecified atom stereocenters. The van der Waals surface area contributed by atoms with Crippen LogP contribution in [0.2, 0.25) is 0 Å². The van der Waals surface area contributed by atoms with Gasteiger partial charge in [-0.25, -0.2) is 9.37 Å². The first-order valence-corrected chi connectivity index (χ1v) is 14.5. The second kappa shape index (κ2) is 14.2. The van der Waals surface area contributed by atoms with Gasteiger partial charge in [-0.1, -0.05) is 30.3 Å². The topological polar surface area (TPSA) is 143 Å². The van der Waals surface area contributed by atoms with Gasteiger partial charge < -0.3 is 25.1 Å². The number of aliphatic imine (C=N–C) groups is 1. The number of thioether (sulfide) groups is 1. The predicted octanol–water partition coefficient (Wildman–Crippen LogP) is 5.91. The molecule has 230 valence electrons. The second-order valence-corrected chi connectivity index (χ2v) is 11.1. The van der Waals surface area contributed by atoms with E-state index in [9.17, 15) is 15.2 Å². The van der Waals surface area contributed by atoms with Crippen LogP contribution in [0.5, 0.6) is 28.9 Å². The van der Waals surface area contributed by atoms with Crippen molar-refractivity contribution >= 4 is 23.9 Å². The highest BCUT2D eigenvalue weighted by molar-refractivity contribution is 8.00. The van der Waals surface area contributed by atoms with E-state index >= 15 is 8.78 Å². The van der Waals surface area contributed by atoms with Crippen molar-refractivity contribution in [1.82, 2.24) is 9.88 Å². The molecule has 0 aliphatic carbocycles. The van der Waals surface area contributed by atoms with Crippen LogP contribution in [0.15, 0.2) is 82.8 Å². The Morgan fingerprint density at radius 2 is 1.91 bits per heavy atom. The van der Waals surface area contributed by atoms with E-state index in [1.807, 2.05) is 48.3 Å². The molecule has 13 heteroatoms. The normalized spacial score (nSPS) is 15.0. The maximum absolute atomic E-state index is 15.9. The van der Waals surface area contributed by atoms with Crippen LogP contribution in [0.4, 0.5) is 8.78 Å². The van der Waals surface area contributed by atoms with Gasteiger partial charge in [-0.3, -0.25) is 14.7 Å². The molecule has 0 amide bonds. The highest BCUT2D eigenvalue weighted by Gasteiger charge is 2.27. The van der Waals surface area contributed by atoms with Crippen molar-refractivity contribution in [3.8, 4) is 34.9 Å². The Bertz CT molecular complexity index is 1770. The molecule has 0 fully saturated rings. The van der Waals surface area contributed by atoms with E-state index in [0.29, 0.717) is 17.0 Å². The molecule has 3 aromatic carbocycles. The first-order chi connectivity index (χ1) is 21.8. The van der Waals surface area contributed by atoms with E-state index in [2.05, 4.69) is 9.98 Å². The van der Waals surface area contributed by atoms with Crippen molar-refractivity contribution in [3.05, 3.63) is 101 Å². The van der Waals surface area contributed by atoms with E-state index in [-0.39, 0.29) is 36.0 Å². The number of aliphatic carboxylic acids is 1. The summed E-state index contributed by atoms with van der Waals surface area (Å²) in [5.74, 6) is -4.49. The average molecular weight is 632 g/mol. The minimum absolute atomic E-state index is 0.00851. The third kappa shape index (κ3) is 7.38. The summed E-state index contributed by atoms with van der Waals surface area (Å²) in [6.07, 6.45) is 1.90. The van der Waals surface area contributed by atoms with Gasteiger partial charge in [-0.05, 0) is 42.9 Å². The molecule has 0 saturated heterocycles. The summed E-state index contributed by atoms with van der Waals surface area (Å²) < 4.78 is 48.4. The molecule has 10 nitrogen and oxygen atoms in total. The Morgan fingerprint density at radius 1 is 1.13 bits per heavy atom. The van der Waals surface area contributed by atoms with Gasteiger partial charge in [-0.15, -0.1) is 11.8 Å².